The Kier molecular flexibility index (Phi) is 26.8. The van der Waals surface area contributed by atoms with E-state index in [1.165, 1.54) is 13.0 Å². The first-order valence-electron chi connectivity index (χ1n) is 24.6. The van der Waals surface area contributed by atoms with Crippen LogP contribution in [0.2, 0.25) is 0 Å². The summed E-state index contributed by atoms with van der Waals surface area (Å²) in [5.41, 5.74) is 4.14. The van der Waals surface area contributed by atoms with E-state index in [9.17, 15) is 76.0 Å². The van der Waals surface area contributed by atoms with E-state index < -0.39 is 179 Å². The molecule has 2 bridgehead atoms. The fraction of sp³-hybridized carbons (Fsp3) is 0.686. The largest absolute Gasteiger partial charge is 0.462 e. The molecule has 3 aliphatic rings. The Balaban J connectivity index is 1.98. The van der Waals surface area contributed by atoms with Crippen molar-refractivity contribution in [2.75, 3.05) is 19.8 Å². The number of carbonyl (C=O) groups excluding carboxylic acids is 2. The Labute approximate surface area is 421 Å². The zero-order valence-corrected chi connectivity index (χ0v) is 41.6. The van der Waals surface area contributed by atoms with Gasteiger partial charge in [0.25, 0.3) is 0 Å². The number of aliphatic hydroxyl groups excluding tert-OH is 12. The number of nitrogens with two attached hydrogens (primary N) is 1. The molecule has 16 N–H and O–H groups in total. The molecule has 1 amide bonds. The van der Waals surface area contributed by atoms with Crippen LogP contribution < -0.4 is 11.1 Å². The number of cyclic esters (lactones) is 1. The minimum atomic E-state index is -2.42. The summed E-state index contributed by atoms with van der Waals surface area (Å²) in [4.78, 5) is 26.6. The summed E-state index contributed by atoms with van der Waals surface area (Å²) in [6, 6.07) is -1.20. The molecule has 0 aromatic rings. The van der Waals surface area contributed by atoms with Crippen molar-refractivity contribution in [1.29, 1.82) is 0 Å². The molecule has 0 aromatic heterocycles. The Bertz CT molecular complexity index is 1830. The molecule has 19 atom stereocenters. The second-order valence-corrected chi connectivity index (χ2v) is 19.5. The number of amides is 1. The van der Waals surface area contributed by atoms with Gasteiger partial charge in [-0.3, -0.25) is 9.59 Å². The highest BCUT2D eigenvalue weighted by Gasteiger charge is 2.52. The molecule has 21 heteroatoms. The van der Waals surface area contributed by atoms with E-state index in [1.54, 1.807) is 86.8 Å². The van der Waals surface area contributed by atoms with E-state index in [0.29, 0.717) is 0 Å². The number of rotatable bonds is 7. The van der Waals surface area contributed by atoms with Crippen LogP contribution in [0, 0.1) is 17.8 Å². The molecule has 3 aliphatic heterocycles. The van der Waals surface area contributed by atoms with Crippen LogP contribution in [0.4, 0.5) is 0 Å². The third kappa shape index (κ3) is 19.9. The van der Waals surface area contributed by atoms with Gasteiger partial charge in [-0.15, -0.1) is 0 Å². The smallest absolute Gasteiger partial charge is 0.308 e. The predicted octanol–water partition coefficient (Wildman–Crippen LogP) is -1.54. The lowest BCUT2D eigenvalue weighted by Gasteiger charge is -2.46. The topological polar surface area (TPSA) is 372 Å². The van der Waals surface area contributed by atoms with Crippen LogP contribution in [0.3, 0.4) is 0 Å². The molecule has 2 saturated heterocycles. The van der Waals surface area contributed by atoms with Gasteiger partial charge in [0.15, 0.2) is 12.1 Å². The van der Waals surface area contributed by atoms with Crippen LogP contribution in [-0.2, 0) is 28.5 Å². The van der Waals surface area contributed by atoms with Crippen molar-refractivity contribution in [2.45, 2.75) is 182 Å². The van der Waals surface area contributed by atoms with Crippen molar-refractivity contribution >= 4 is 11.9 Å². The minimum absolute atomic E-state index is 0.138. The first-order valence-corrected chi connectivity index (χ1v) is 24.6. The van der Waals surface area contributed by atoms with Gasteiger partial charge in [0.1, 0.15) is 17.7 Å². The van der Waals surface area contributed by atoms with Crippen LogP contribution in [0.25, 0.3) is 0 Å². The third-order valence-electron chi connectivity index (χ3n) is 13.3. The molecule has 0 spiro atoms. The van der Waals surface area contributed by atoms with Crippen molar-refractivity contribution in [1.82, 2.24) is 5.32 Å². The molecule has 2 fully saturated rings. The summed E-state index contributed by atoms with van der Waals surface area (Å²) < 4.78 is 23.5. The SMILES string of the molecule is C[C@@H]1OC(=O)CC(O)CC(O)CCC(O)C(O)CC(O)CC2(O)C[C@H](O)[C@@H](C(=O)NC(CO)(CO)CO)[C@H](CC(O[C@@H]3O[C@H](C)C(O)[C@H](N)C3O)/C=C/C=C/C=C/C=C/C=C/C=C/C=C/[C@H](C)C(O)[C@H]1C)O2. The van der Waals surface area contributed by atoms with Crippen molar-refractivity contribution in [3.63, 3.8) is 0 Å². The molecule has 3 heterocycles. The second kappa shape index (κ2) is 30.7. The van der Waals surface area contributed by atoms with Crippen molar-refractivity contribution < 1.29 is 94.9 Å². The van der Waals surface area contributed by atoms with Gasteiger partial charge in [0, 0.05) is 37.5 Å². The standard InChI is InChI=1S/C51H82N2O19/c1-30-17-15-13-11-9-7-5-6-8-10-12-14-16-18-37(71-49-47(66)44(52)46(65)33(4)70-49)24-41-43(48(67)53-50(27-54,28-55)29-56)40(62)26-51(68,72-41)25-36(59)22-39(61)38(60)20-19-34(57)21-35(58)23-42(63)69-32(3)31(2)45(30)64/h5-18,30-41,43-47,49,54-62,64-66,68H,19-29,52H2,1-4H3,(H,53,67)/b6-5+,9-7+,10-8+,13-11+,14-12+,17-15+,18-16+/t30-,31-,32-,33+,34?,35?,36?,37?,38?,39?,40-,41-,43+,44-,45?,46?,47?,49-,51?/m0/s1. The molecule has 410 valence electrons. The number of fused-ring (bicyclic) bond motifs is 2. The lowest BCUT2D eigenvalue weighted by molar-refractivity contribution is -0.307. The number of ether oxygens (including phenoxy) is 4. The van der Waals surface area contributed by atoms with E-state index in [-0.39, 0.29) is 25.2 Å². The maximum atomic E-state index is 14.0. The van der Waals surface area contributed by atoms with Gasteiger partial charge < -0.3 is 96.4 Å². The first kappa shape index (κ1) is 62.7. The van der Waals surface area contributed by atoms with Gasteiger partial charge in [-0.1, -0.05) is 98.9 Å². The van der Waals surface area contributed by atoms with Crippen molar-refractivity contribution in [3.8, 4) is 0 Å². The predicted molar refractivity (Wildman–Crippen MR) is 261 cm³/mol. The van der Waals surface area contributed by atoms with Crippen LogP contribution in [0.15, 0.2) is 85.1 Å². The fourth-order valence-electron chi connectivity index (χ4n) is 8.60. The molecule has 3 rings (SSSR count). The van der Waals surface area contributed by atoms with E-state index in [4.69, 9.17) is 24.7 Å². The molecule has 21 nitrogen and oxygen atoms in total. The number of hydrogen-bond acceptors (Lipinski definition) is 20. The third-order valence-corrected chi connectivity index (χ3v) is 13.3. The lowest BCUT2D eigenvalue weighted by atomic mass is 9.81. The number of allylic oxidation sites excluding steroid dienone is 12. The van der Waals surface area contributed by atoms with E-state index >= 15 is 0 Å². The average molecular weight is 1030 g/mol. The fourth-order valence-corrected chi connectivity index (χ4v) is 8.60. The molecular formula is C51H82N2O19. The van der Waals surface area contributed by atoms with Crippen LogP contribution in [-0.4, -0.2) is 201 Å². The second-order valence-electron chi connectivity index (χ2n) is 19.5. The summed E-state index contributed by atoms with van der Waals surface area (Å²) >= 11 is 0. The lowest BCUT2D eigenvalue weighted by Crippen LogP contribution is -2.64. The van der Waals surface area contributed by atoms with Gasteiger partial charge in [-0.2, -0.15) is 0 Å². The molecule has 0 radical (unpaired) electrons. The number of esters is 1. The zero-order chi connectivity index (χ0) is 53.8. The van der Waals surface area contributed by atoms with E-state index in [1.807, 2.05) is 13.0 Å². The Morgan fingerprint density at radius 2 is 1.24 bits per heavy atom. The van der Waals surface area contributed by atoms with Crippen LogP contribution in [0.5, 0.6) is 0 Å². The summed E-state index contributed by atoms with van der Waals surface area (Å²) in [5.74, 6) is -6.55. The minimum Gasteiger partial charge on any atom is -0.462 e. The Morgan fingerprint density at radius 1 is 0.681 bits per heavy atom. The van der Waals surface area contributed by atoms with Crippen molar-refractivity contribution in [2.24, 2.45) is 23.5 Å². The molecule has 0 aromatic carbocycles. The van der Waals surface area contributed by atoms with Crippen LogP contribution >= 0.6 is 0 Å². The van der Waals surface area contributed by atoms with Gasteiger partial charge in [0.2, 0.25) is 5.91 Å². The normalized spacial score (nSPS) is 42.4. The Hall–Kier alpha value is -3.56. The summed E-state index contributed by atoms with van der Waals surface area (Å²) in [6.45, 7) is 3.96. The zero-order valence-electron chi connectivity index (χ0n) is 41.6. The van der Waals surface area contributed by atoms with Crippen LogP contribution in [0.1, 0.15) is 79.1 Å². The maximum absolute atomic E-state index is 14.0. The highest BCUT2D eigenvalue weighted by molar-refractivity contribution is 5.81. The van der Waals surface area contributed by atoms with E-state index in [0.717, 1.165) is 0 Å². The monoisotopic (exact) mass is 1030 g/mol. The number of carbonyl (C=O) groups is 2. The maximum Gasteiger partial charge on any atom is 0.308 e. The average Bonchev–Trinajstić information content (AvgIpc) is 3.31. The number of nitrogens with one attached hydrogen (secondary N) is 1. The molecule has 72 heavy (non-hydrogen) atoms. The first-order chi connectivity index (χ1) is 34.0. The molecule has 0 saturated carbocycles. The molecule has 10 unspecified atom stereocenters. The van der Waals surface area contributed by atoms with E-state index in [2.05, 4.69) is 5.32 Å². The molecular weight excluding hydrogens is 945 g/mol. The summed E-state index contributed by atoms with van der Waals surface area (Å²) in [6.07, 6.45) is 2.19. The molecule has 0 aliphatic carbocycles. The number of hydrogen-bond donors (Lipinski definition) is 15. The van der Waals surface area contributed by atoms with Gasteiger partial charge >= 0.3 is 5.97 Å². The highest BCUT2D eigenvalue weighted by Crippen LogP contribution is 2.38. The Morgan fingerprint density at radius 3 is 1.81 bits per heavy atom. The van der Waals surface area contributed by atoms with Gasteiger partial charge in [-0.05, 0) is 33.1 Å². The number of aliphatic hydroxyl groups is 13. The highest BCUT2D eigenvalue weighted by atomic mass is 16.7. The summed E-state index contributed by atoms with van der Waals surface area (Å²) in [7, 11) is 0. The summed E-state index contributed by atoms with van der Waals surface area (Å²) in [5, 5.41) is 142. The van der Waals surface area contributed by atoms with Crippen molar-refractivity contribution in [3.05, 3.63) is 85.1 Å². The van der Waals surface area contributed by atoms with Gasteiger partial charge in [0.05, 0.1) is 105 Å². The van der Waals surface area contributed by atoms with Gasteiger partial charge in [-0.25, -0.2) is 0 Å². The quantitative estimate of drug-likeness (QED) is 0.129.